The molecule has 0 spiro atoms. The number of aryl methyl sites for hydroxylation is 2. The van der Waals surface area contributed by atoms with Crippen molar-refractivity contribution < 1.29 is 0 Å². The monoisotopic (exact) mass is 229 g/mol. The number of aromatic nitrogens is 5. The number of hydrogen-bond donors (Lipinski definition) is 2. The van der Waals surface area contributed by atoms with Crippen molar-refractivity contribution >= 4 is 11.0 Å². The van der Waals surface area contributed by atoms with Crippen LogP contribution in [0.1, 0.15) is 5.82 Å². The number of nitrogens with zero attached hydrogens (tertiary/aromatic N) is 3. The fraction of sp³-hybridized carbons (Fsp3) is 0.182. The van der Waals surface area contributed by atoms with Crippen molar-refractivity contribution in [2.75, 3.05) is 0 Å². The second kappa shape index (κ2) is 3.89. The minimum absolute atomic E-state index is 0.193. The summed E-state index contributed by atoms with van der Waals surface area (Å²) in [5, 5.41) is 6.03. The van der Waals surface area contributed by atoms with Crippen LogP contribution >= 0.6 is 0 Å². The predicted octanol–water partition coefficient (Wildman–Crippen LogP) is 0.690. The number of imidazole rings is 1. The standard InChI is InChI=1S/C11H11N5O/c17-11-15-12-7-16(11)6-5-10-13-8-3-1-2-4-9(8)14-10/h1-4,7H,5-6H2,(H,13,14)(H,15,17). The Morgan fingerprint density at radius 1 is 1.29 bits per heavy atom. The maximum Gasteiger partial charge on any atom is 0.343 e. The van der Waals surface area contributed by atoms with Crippen molar-refractivity contribution in [3.8, 4) is 0 Å². The largest absolute Gasteiger partial charge is 0.343 e. The van der Waals surface area contributed by atoms with Crippen molar-refractivity contribution in [2.45, 2.75) is 13.0 Å². The third kappa shape index (κ3) is 1.84. The summed E-state index contributed by atoms with van der Waals surface area (Å²) in [6.45, 7) is 0.565. The summed E-state index contributed by atoms with van der Waals surface area (Å²) < 4.78 is 1.52. The number of rotatable bonds is 3. The first-order valence-electron chi connectivity index (χ1n) is 5.36. The van der Waals surface area contributed by atoms with Crippen molar-refractivity contribution in [3.63, 3.8) is 0 Å². The first kappa shape index (κ1) is 9.83. The minimum Gasteiger partial charge on any atom is -0.342 e. The molecule has 0 saturated carbocycles. The van der Waals surface area contributed by atoms with Gasteiger partial charge in [-0.3, -0.25) is 4.57 Å². The molecule has 6 nitrogen and oxygen atoms in total. The van der Waals surface area contributed by atoms with Crippen molar-refractivity contribution in [1.82, 2.24) is 24.7 Å². The van der Waals surface area contributed by atoms with Crippen LogP contribution in [0, 0.1) is 0 Å². The number of benzene rings is 1. The molecule has 0 aliphatic rings. The highest BCUT2D eigenvalue weighted by atomic mass is 16.1. The molecule has 3 rings (SSSR count). The molecule has 1 aromatic carbocycles. The Morgan fingerprint density at radius 3 is 2.94 bits per heavy atom. The third-order valence-corrected chi connectivity index (χ3v) is 2.65. The summed E-state index contributed by atoms with van der Waals surface area (Å²) in [5.41, 5.74) is 1.77. The highest BCUT2D eigenvalue weighted by molar-refractivity contribution is 5.74. The van der Waals surface area contributed by atoms with E-state index < -0.39 is 0 Å². The number of hydrogen-bond acceptors (Lipinski definition) is 3. The Kier molecular flexibility index (Phi) is 2.25. The van der Waals surface area contributed by atoms with Crippen LogP contribution in [0.4, 0.5) is 0 Å². The zero-order valence-corrected chi connectivity index (χ0v) is 9.05. The quantitative estimate of drug-likeness (QED) is 0.693. The van der Waals surface area contributed by atoms with Gasteiger partial charge in [0, 0.05) is 13.0 Å². The molecule has 3 aromatic rings. The fourth-order valence-corrected chi connectivity index (χ4v) is 1.78. The van der Waals surface area contributed by atoms with E-state index in [1.807, 2.05) is 24.3 Å². The molecule has 0 fully saturated rings. The Balaban J connectivity index is 1.81. The molecule has 0 atom stereocenters. The average Bonchev–Trinajstić information content (AvgIpc) is 2.92. The van der Waals surface area contributed by atoms with Crippen LogP contribution < -0.4 is 5.69 Å². The lowest BCUT2D eigenvalue weighted by atomic mass is 10.3. The lowest BCUT2D eigenvalue weighted by molar-refractivity contribution is 0.655. The zero-order chi connectivity index (χ0) is 11.7. The first-order valence-corrected chi connectivity index (χ1v) is 5.36. The van der Waals surface area contributed by atoms with Crippen molar-refractivity contribution in [2.24, 2.45) is 0 Å². The fourth-order valence-electron chi connectivity index (χ4n) is 1.78. The normalized spacial score (nSPS) is 11.1. The molecule has 6 heteroatoms. The molecule has 0 unspecified atom stereocenters. The van der Waals surface area contributed by atoms with Gasteiger partial charge in [-0.15, -0.1) is 0 Å². The van der Waals surface area contributed by atoms with Crippen molar-refractivity contribution in [1.29, 1.82) is 0 Å². The average molecular weight is 229 g/mol. The van der Waals surface area contributed by atoms with E-state index in [9.17, 15) is 4.79 Å². The second-order valence-corrected chi connectivity index (χ2v) is 3.81. The zero-order valence-electron chi connectivity index (χ0n) is 9.05. The van der Waals surface area contributed by atoms with Gasteiger partial charge in [-0.1, -0.05) is 12.1 Å². The van der Waals surface area contributed by atoms with Gasteiger partial charge in [0.05, 0.1) is 11.0 Å². The maximum atomic E-state index is 11.2. The molecule has 0 amide bonds. The summed E-state index contributed by atoms with van der Waals surface area (Å²) in [4.78, 5) is 18.9. The molecule has 86 valence electrons. The van der Waals surface area contributed by atoms with Crippen molar-refractivity contribution in [3.05, 3.63) is 46.9 Å². The van der Waals surface area contributed by atoms with E-state index in [0.29, 0.717) is 13.0 Å². The molecule has 2 N–H and O–H groups in total. The second-order valence-electron chi connectivity index (χ2n) is 3.81. The Hall–Kier alpha value is -2.37. The van der Waals surface area contributed by atoms with Gasteiger partial charge in [-0.2, -0.15) is 5.10 Å². The van der Waals surface area contributed by atoms with Crippen LogP contribution in [0.2, 0.25) is 0 Å². The van der Waals surface area contributed by atoms with E-state index in [1.165, 1.54) is 10.9 Å². The SMILES string of the molecule is O=c1[nH]ncn1CCc1nc2ccccc2[nH]1. The topological polar surface area (TPSA) is 79.4 Å². The lowest BCUT2D eigenvalue weighted by Gasteiger charge is -1.96. The molecule has 2 aromatic heterocycles. The van der Waals surface area contributed by atoms with Crippen LogP contribution in [0.5, 0.6) is 0 Å². The van der Waals surface area contributed by atoms with Gasteiger partial charge in [0.1, 0.15) is 12.2 Å². The summed E-state index contributed by atoms with van der Waals surface area (Å²) in [6.07, 6.45) is 2.17. The number of para-hydroxylation sites is 2. The minimum atomic E-state index is -0.193. The van der Waals surface area contributed by atoms with Crippen LogP contribution in [0.3, 0.4) is 0 Å². The number of aromatic amines is 2. The van der Waals surface area contributed by atoms with Crippen LogP contribution in [-0.4, -0.2) is 24.7 Å². The van der Waals surface area contributed by atoms with Gasteiger partial charge >= 0.3 is 5.69 Å². The number of H-pyrrole nitrogens is 2. The van der Waals surface area contributed by atoms with Crippen LogP contribution in [-0.2, 0) is 13.0 Å². The summed E-state index contributed by atoms with van der Waals surface area (Å²) in [5.74, 6) is 0.874. The van der Waals surface area contributed by atoms with Gasteiger partial charge in [0.15, 0.2) is 0 Å². The van der Waals surface area contributed by atoms with E-state index in [-0.39, 0.29) is 5.69 Å². The molecule has 0 aliphatic heterocycles. The van der Waals surface area contributed by atoms with E-state index in [4.69, 9.17) is 0 Å². The van der Waals surface area contributed by atoms with Gasteiger partial charge in [-0.05, 0) is 12.1 Å². The molecule has 0 bridgehead atoms. The van der Waals surface area contributed by atoms with E-state index in [2.05, 4.69) is 20.2 Å². The molecule has 0 radical (unpaired) electrons. The lowest BCUT2D eigenvalue weighted by Crippen LogP contribution is -2.17. The molecular formula is C11H11N5O. The Labute approximate surface area is 96.3 Å². The summed E-state index contributed by atoms with van der Waals surface area (Å²) in [6, 6.07) is 7.85. The summed E-state index contributed by atoms with van der Waals surface area (Å²) >= 11 is 0. The third-order valence-electron chi connectivity index (χ3n) is 2.65. The predicted molar refractivity (Wildman–Crippen MR) is 62.6 cm³/mol. The van der Waals surface area contributed by atoms with Crippen LogP contribution in [0.15, 0.2) is 35.4 Å². The van der Waals surface area contributed by atoms with Gasteiger partial charge in [0.2, 0.25) is 0 Å². The maximum absolute atomic E-state index is 11.2. The number of fused-ring (bicyclic) bond motifs is 1. The first-order chi connectivity index (χ1) is 8.33. The van der Waals surface area contributed by atoms with E-state index in [1.54, 1.807) is 0 Å². The van der Waals surface area contributed by atoms with E-state index >= 15 is 0 Å². The highest BCUT2D eigenvalue weighted by Gasteiger charge is 2.03. The Morgan fingerprint density at radius 2 is 2.18 bits per heavy atom. The van der Waals surface area contributed by atoms with Gasteiger partial charge < -0.3 is 4.98 Å². The molecule has 0 aliphatic carbocycles. The smallest absolute Gasteiger partial charge is 0.342 e. The Bertz CT molecular complexity index is 660. The molecule has 2 heterocycles. The van der Waals surface area contributed by atoms with Gasteiger partial charge in [0.25, 0.3) is 0 Å². The van der Waals surface area contributed by atoms with Gasteiger partial charge in [-0.25, -0.2) is 14.9 Å². The molecular weight excluding hydrogens is 218 g/mol. The summed E-state index contributed by atoms with van der Waals surface area (Å²) in [7, 11) is 0. The van der Waals surface area contributed by atoms with Crippen LogP contribution in [0.25, 0.3) is 11.0 Å². The van der Waals surface area contributed by atoms with E-state index in [0.717, 1.165) is 16.9 Å². The molecule has 0 saturated heterocycles. The number of nitrogens with one attached hydrogen (secondary N) is 2. The molecule has 17 heavy (non-hydrogen) atoms. The highest BCUT2D eigenvalue weighted by Crippen LogP contribution is 2.10.